The first-order valence-corrected chi connectivity index (χ1v) is 7.44. The van der Waals surface area contributed by atoms with Crippen LogP contribution >= 0.6 is 0 Å². The van der Waals surface area contributed by atoms with Gasteiger partial charge < -0.3 is 11.5 Å². The molecule has 4 N–H and O–H groups in total. The first-order valence-electron chi connectivity index (χ1n) is 7.44. The van der Waals surface area contributed by atoms with E-state index < -0.39 is 0 Å². The minimum absolute atomic E-state index is 0.0841. The van der Waals surface area contributed by atoms with Gasteiger partial charge >= 0.3 is 0 Å². The molecule has 0 saturated carbocycles. The Bertz CT molecular complexity index is 872. The van der Waals surface area contributed by atoms with Crippen LogP contribution in [0, 0.1) is 0 Å². The smallest absolute Gasteiger partial charge is 0.222 e. The van der Waals surface area contributed by atoms with Crippen LogP contribution in [-0.2, 0) is 12.8 Å². The van der Waals surface area contributed by atoms with Crippen LogP contribution in [-0.4, -0.2) is 15.8 Å². The molecule has 0 radical (unpaired) electrons. The molecule has 0 bridgehead atoms. The van der Waals surface area contributed by atoms with E-state index in [1.54, 1.807) is 6.92 Å². The molecule has 1 aromatic heterocycles. The maximum atomic E-state index is 11.3. The molecule has 0 aliphatic carbocycles. The van der Waals surface area contributed by atoms with E-state index in [0.717, 1.165) is 34.9 Å². The zero-order valence-electron chi connectivity index (χ0n) is 12.9. The number of rotatable bonds is 4. The summed E-state index contributed by atoms with van der Waals surface area (Å²) >= 11 is 0. The standard InChI is InChI=1S/C18H18N4O/c1-11(23)14-7-4-12(5-8-14)2-3-13-6-9-16-15(10-13)17(19)22-18(20)21-16/h4-10H,2-3H2,1H3,(H4,19,20,21,22). The molecule has 0 saturated heterocycles. The number of aryl methyl sites for hydroxylation is 2. The van der Waals surface area contributed by atoms with Crippen molar-refractivity contribution in [2.24, 2.45) is 0 Å². The largest absolute Gasteiger partial charge is 0.383 e. The fourth-order valence-electron chi connectivity index (χ4n) is 2.57. The van der Waals surface area contributed by atoms with Crippen molar-refractivity contribution in [3.8, 4) is 0 Å². The zero-order chi connectivity index (χ0) is 16.4. The molecule has 5 heteroatoms. The van der Waals surface area contributed by atoms with Crippen LogP contribution in [0.4, 0.5) is 11.8 Å². The summed E-state index contributed by atoms with van der Waals surface area (Å²) in [5, 5.41) is 0.823. The van der Waals surface area contributed by atoms with Crippen molar-refractivity contribution in [3.05, 3.63) is 59.2 Å². The van der Waals surface area contributed by atoms with Crippen molar-refractivity contribution in [1.82, 2.24) is 9.97 Å². The summed E-state index contributed by atoms with van der Waals surface area (Å²) in [6.45, 7) is 1.57. The summed E-state index contributed by atoms with van der Waals surface area (Å²) in [6.07, 6.45) is 1.76. The highest BCUT2D eigenvalue weighted by Gasteiger charge is 2.05. The SMILES string of the molecule is CC(=O)c1ccc(CCc2ccc3nc(N)nc(N)c3c2)cc1. The highest BCUT2D eigenvalue weighted by Crippen LogP contribution is 2.21. The van der Waals surface area contributed by atoms with Gasteiger partial charge in [0.05, 0.1) is 5.52 Å². The average molecular weight is 306 g/mol. The Hall–Kier alpha value is -2.95. The molecule has 1 heterocycles. The number of ketones is 1. The maximum Gasteiger partial charge on any atom is 0.222 e. The molecule has 0 unspecified atom stereocenters. The van der Waals surface area contributed by atoms with Crippen LogP contribution < -0.4 is 11.5 Å². The number of aromatic nitrogens is 2. The van der Waals surface area contributed by atoms with E-state index in [-0.39, 0.29) is 11.7 Å². The number of carbonyl (C=O) groups excluding carboxylic acids is 1. The molecule has 0 spiro atoms. The van der Waals surface area contributed by atoms with Crippen LogP contribution in [0.25, 0.3) is 10.9 Å². The van der Waals surface area contributed by atoms with Gasteiger partial charge in [-0.1, -0.05) is 30.3 Å². The lowest BCUT2D eigenvalue weighted by Gasteiger charge is -2.06. The second kappa shape index (κ2) is 6.04. The number of Topliss-reactive ketones (excluding diaryl/α,β-unsaturated/α-hetero) is 1. The minimum Gasteiger partial charge on any atom is -0.383 e. The summed E-state index contributed by atoms with van der Waals surface area (Å²) in [5.41, 5.74) is 15.4. The van der Waals surface area contributed by atoms with Gasteiger partial charge in [0.1, 0.15) is 5.82 Å². The van der Waals surface area contributed by atoms with Gasteiger partial charge in [-0.15, -0.1) is 0 Å². The number of nitrogens with two attached hydrogens (primary N) is 2. The molecular formula is C18H18N4O. The van der Waals surface area contributed by atoms with E-state index in [0.29, 0.717) is 5.82 Å². The summed E-state index contributed by atoms with van der Waals surface area (Å²) in [6, 6.07) is 13.7. The summed E-state index contributed by atoms with van der Waals surface area (Å²) in [7, 11) is 0. The van der Waals surface area contributed by atoms with Gasteiger partial charge in [0, 0.05) is 10.9 Å². The predicted octanol–water partition coefficient (Wildman–Crippen LogP) is 2.78. The molecular weight excluding hydrogens is 288 g/mol. The van der Waals surface area contributed by atoms with E-state index >= 15 is 0 Å². The van der Waals surface area contributed by atoms with Gasteiger partial charge in [-0.3, -0.25) is 4.79 Å². The Kier molecular flexibility index (Phi) is 3.93. The Labute approximate surface area is 134 Å². The van der Waals surface area contributed by atoms with Gasteiger partial charge in [-0.05, 0) is 43.0 Å². The third-order valence-electron chi connectivity index (χ3n) is 3.87. The second-order valence-corrected chi connectivity index (χ2v) is 5.57. The lowest BCUT2D eigenvalue weighted by molar-refractivity contribution is 0.101. The van der Waals surface area contributed by atoms with Crippen LogP contribution in [0.5, 0.6) is 0 Å². The Balaban J connectivity index is 1.78. The summed E-state index contributed by atoms with van der Waals surface area (Å²) < 4.78 is 0. The van der Waals surface area contributed by atoms with E-state index in [1.807, 2.05) is 42.5 Å². The van der Waals surface area contributed by atoms with Crippen molar-refractivity contribution in [2.75, 3.05) is 11.5 Å². The van der Waals surface area contributed by atoms with Crippen molar-refractivity contribution < 1.29 is 4.79 Å². The predicted molar refractivity (Wildman–Crippen MR) is 92.2 cm³/mol. The zero-order valence-corrected chi connectivity index (χ0v) is 12.9. The van der Waals surface area contributed by atoms with Crippen molar-refractivity contribution in [3.63, 3.8) is 0 Å². The van der Waals surface area contributed by atoms with Crippen molar-refractivity contribution in [1.29, 1.82) is 0 Å². The molecule has 0 aliphatic rings. The molecule has 0 fully saturated rings. The monoisotopic (exact) mass is 306 g/mol. The van der Waals surface area contributed by atoms with E-state index in [9.17, 15) is 4.79 Å². The highest BCUT2D eigenvalue weighted by atomic mass is 16.1. The third kappa shape index (κ3) is 3.29. The number of nitrogen functional groups attached to an aromatic ring is 2. The van der Waals surface area contributed by atoms with Gasteiger partial charge in [-0.2, -0.15) is 4.98 Å². The van der Waals surface area contributed by atoms with Crippen LogP contribution in [0.1, 0.15) is 28.4 Å². The van der Waals surface area contributed by atoms with E-state index in [4.69, 9.17) is 11.5 Å². The molecule has 0 atom stereocenters. The third-order valence-corrected chi connectivity index (χ3v) is 3.87. The number of fused-ring (bicyclic) bond motifs is 1. The minimum atomic E-state index is 0.0841. The topological polar surface area (TPSA) is 94.9 Å². The normalized spacial score (nSPS) is 10.8. The highest BCUT2D eigenvalue weighted by molar-refractivity contribution is 5.94. The summed E-state index contributed by atoms with van der Waals surface area (Å²) in [4.78, 5) is 19.5. The molecule has 23 heavy (non-hydrogen) atoms. The Morgan fingerprint density at radius 1 is 0.957 bits per heavy atom. The Morgan fingerprint density at radius 3 is 2.30 bits per heavy atom. The molecule has 2 aromatic carbocycles. The number of benzene rings is 2. The van der Waals surface area contributed by atoms with Crippen molar-refractivity contribution in [2.45, 2.75) is 19.8 Å². The average Bonchev–Trinajstić information content (AvgIpc) is 2.53. The molecule has 3 aromatic rings. The summed E-state index contributed by atoms with van der Waals surface area (Å²) in [5.74, 6) is 0.675. The molecule has 116 valence electrons. The fraction of sp³-hybridized carbons (Fsp3) is 0.167. The molecule has 5 nitrogen and oxygen atoms in total. The second-order valence-electron chi connectivity index (χ2n) is 5.57. The first kappa shape index (κ1) is 15.0. The van der Waals surface area contributed by atoms with Gasteiger partial charge in [0.15, 0.2) is 5.78 Å². The van der Waals surface area contributed by atoms with Crippen LogP contribution in [0.15, 0.2) is 42.5 Å². The van der Waals surface area contributed by atoms with Gasteiger partial charge in [-0.25, -0.2) is 4.98 Å². The van der Waals surface area contributed by atoms with Gasteiger partial charge in [0.25, 0.3) is 0 Å². The van der Waals surface area contributed by atoms with Crippen LogP contribution in [0.3, 0.4) is 0 Å². The molecule has 0 amide bonds. The van der Waals surface area contributed by atoms with Crippen molar-refractivity contribution >= 4 is 28.5 Å². The fourth-order valence-corrected chi connectivity index (χ4v) is 2.57. The first-order chi connectivity index (χ1) is 11.0. The molecule has 3 rings (SSSR count). The number of anilines is 2. The van der Waals surface area contributed by atoms with Gasteiger partial charge in [0.2, 0.25) is 5.95 Å². The molecule has 0 aliphatic heterocycles. The van der Waals surface area contributed by atoms with E-state index in [2.05, 4.69) is 9.97 Å². The van der Waals surface area contributed by atoms with E-state index in [1.165, 1.54) is 5.56 Å². The maximum absolute atomic E-state index is 11.3. The Morgan fingerprint density at radius 2 is 1.61 bits per heavy atom. The number of nitrogens with zero attached hydrogens (tertiary/aromatic N) is 2. The number of hydrogen-bond acceptors (Lipinski definition) is 5. The number of carbonyl (C=O) groups is 1. The lowest BCUT2D eigenvalue weighted by atomic mass is 10.0. The lowest BCUT2D eigenvalue weighted by Crippen LogP contribution is -2.01. The quantitative estimate of drug-likeness (QED) is 0.723. The van der Waals surface area contributed by atoms with Crippen LogP contribution in [0.2, 0.25) is 0 Å². The number of hydrogen-bond donors (Lipinski definition) is 2.